The van der Waals surface area contributed by atoms with Crippen LogP contribution in [-0.4, -0.2) is 29.2 Å². The molecule has 2 aromatic rings. The molecule has 0 amide bonds. The normalized spacial score (nSPS) is 18.8. The van der Waals surface area contributed by atoms with Crippen LogP contribution in [0.15, 0.2) is 24.4 Å². The van der Waals surface area contributed by atoms with Crippen LogP contribution < -0.4 is 9.64 Å². The highest BCUT2D eigenvalue weighted by Crippen LogP contribution is 2.47. The molecule has 0 atom stereocenters. The first-order chi connectivity index (χ1) is 13.0. The molecular formula is C19H17ClF2N4O. The molecule has 0 radical (unpaired) electrons. The van der Waals surface area contributed by atoms with Gasteiger partial charge in [-0.3, -0.25) is 0 Å². The highest BCUT2D eigenvalue weighted by molar-refractivity contribution is 6.31. The van der Waals surface area contributed by atoms with Gasteiger partial charge in [-0.2, -0.15) is 5.26 Å². The van der Waals surface area contributed by atoms with Crippen molar-refractivity contribution in [1.29, 1.82) is 5.26 Å². The second-order valence-electron chi connectivity index (χ2n) is 6.94. The molecular weight excluding hydrogens is 374 g/mol. The molecule has 8 heteroatoms. The van der Waals surface area contributed by atoms with Crippen molar-refractivity contribution < 1.29 is 13.5 Å². The fourth-order valence-electron chi connectivity index (χ4n) is 3.29. The maximum atomic E-state index is 13.7. The molecule has 5 nitrogen and oxygen atoms in total. The van der Waals surface area contributed by atoms with Gasteiger partial charge in [0.25, 0.3) is 0 Å². The third kappa shape index (κ3) is 3.54. The summed E-state index contributed by atoms with van der Waals surface area (Å²) in [5, 5.41) is 9.56. The van der Waals surface area contributed by atoms with Crippen LogP contribution in [0.25, 0.3) is 0 Å². The van der Waals surface area contributed by atoms with E-state index in [2.05, 4.69) is 16.0 Å². The van der Waals surface area contributed by atoms with E-state index in [1.165, 1.54) is 12.1 Å². The lowest BCUT2D eigenvalue weighted by Crippen LogP contribution is -2.39. The molecule has 4 rings (SSSR count). The first kappa shape index (κ1) is 17.9. The standard InChI is InChI=1S/C19H17ClF2N4O/c20-17-18(24-10-16(25-17)19(11-23)5-6-19)26-7-3-13(4-8-26)27-15-2-1-12(21)9-14(15)22/h1-2,9-10,13H,3-8H2. The van der Waals surface area contributed by atoms with E-state index in [-0.39, 0.29) is 17.0 Å². The minimum atomic E-state index is -0.701. The molecule has 0 N–H and O–H groups in total. The summed E-state index contributed by atoms with van der Waals surface area (Å²) < 4.78 is 32.4. The molecule has 1 aromatic carbocycles. The van der Waals surface area contributed by atoms with E-state index < -0.39 is 17.0 Å². The van der Waals surface area contributed by atoms with Gasteiger partial charge in [-0.1, -0.05) is 11.6 Å². The lowest BCUT2D eigenvalue weighted by molar-refractivity contribution is 0.163. The molecule has 0 spiro atoms. The zero-order valence-electron chi connectivity index (χ0n) is 14.5. The minimum Gasteiger partial charge on any atom is -0.487 e. The maximum absolute atomic E-state index is 13.7. The molecule has 1 saturated carbocycles. The van der Waals surface area contributed by atoms with E-state index in [1.54, 1.807) is 6.20 Å². The van der Waals surface area contributed by atoms with Gasteiger partial charge in [-0.25, -0.2) is 18.7 Å². The third-order valence-electron chi connectivity index (χ3n) is 5.10. The van der Waals surface area contributed by atoms with E-state index >= 15 is 0 Å². The van der Waals surface area contributed by atoms with E-state index in [9.17, 15) is 14.0 Å². The summed E-state index contributed by atoms with van der Waals surface area (Å²) in [6, 6.07) is 5.59. The Bertz CT molecular complexity index is 905. The number of ether oxygens (including phenoxy) is 1. The number of nitrogens with zero attached hydrogens (tertiary/aromatic N) is 4. The summed E-state index contributed by atoms with van der Waals surface area (Å²) in [6.45, 7) is 1.26. The van der Waals surface area contributed by atoms with Gasteiger partial charge < -0.3 is 9.64 Å². The van der Waals surface area contributed by atoms with E-state index in [0.717, 1.165) is 18.9 Å². The second-order valence-corrected chi connectivity index (χ2v) is 7.30. The van der Waals surface area contributed by atoms with Gasteiger partial charge in [0.05, 0.1) is 18.0 Å². The van der Waals surface area contributed by atoms with Crippen molar-refractivity contribution in [3.8, 4) is 11.8 Å². The first-order valence-electron chi connectivity index (χ1n) is 8.82. The highest BCUT2D eigenvalue weighted by atomic mass is 35.5. The Labute approximate surface area is 160 Å². The van der Waals surface area contributed by atoms with Gasteiger partial charge in [-0.05, 0) is 25.0 Å². The monoisotopic (exact) mass is 390 g/mol. The molecule has 1 aliphatic carbocycles. The summed E-state index contributed by atoms with van der Waals surface area (Å²) in [4.78, 5) is 10.8. The Hall–Kier alpha value is -2.46. The number of anilines is 1. The average molecular weight is 391 g/mol. The quantitative estimate of drug-likeness (QED) is 0.789. The Morgan fingerprint density at radius 3 is 2.59 bits per heavy atom. The van der Waals surface area contributed by atoms with Gasteiger partial charge >= 0.3 is 0 Å². The van der Waals surface area contributed by atoms with E-state index in [4.69, 9.17) is 16.3 Å². The van der Waals surface area contributed by atoms with Gasteiger partial charge in [0, 0.05) is 32.0 Å². The number of rotatable bonds is 4. The Kier molecular flexibility index (Phi) is 4.60. The predicted molar refractivity (Wildman–Crippen MR) is 95.8 cm³/mol. The van der Waals surface area contributed by atoms with Crippen molar-refractivity contribution in [3.05, 3.63) is 46.9 Å². The smallest absolute Gasteiger partial charge is 0.171 e. The van der Waals surface area contributed by atoms with Crippen LogP contribution in [0.3, 0.4) is 0 Å². The van der Waals surface area contributed by atoms with Crippen molar-refractivity contribution in [2.45, 2.75) is 37.2 Å². The lowest BCUT2D eigenvalue weighted by Gasteiger charge is -2.33. The van der Waals surface area contributed by atoms with Crippen LogP contribution in [0.5, 0.6) is 5.75 Å². The molecule has 140 valence electrons. The topological polar surface area (TPSA) is 62.0 Å². The Morgan fingerprint density at radius 1 is 1.26 bits per heavy atom. The van der Waals surface area contributed by atoms with Crippen LogP contribution in [0, 0.1) is 23.0 Å². The molecule has 1 aliphatic heterocycles. The molecule has 1 saturated heterocycles. The number of hydrogen-bond donors (Lipinski definition) is 0. The Balaban J connectivity index is 1.40. The zero-order chi connectivity index (χ0) is 19.0. The van der Waals surface area contributed by atoms with Crippen molar-refractivity contribution in [3.63, 3.8) is 0 Å². The first-order valence-corrected chi connectivity index (χ1v) is 9.19. The van der Waals surface area contributed by atoms with Crippen molar-refractivity contribution >= 4 is 17.4 Å². The fraction of sp³-hybridized carbons (Fsp3) is 0.421. The maximum Gasteiger partial charge on any atom is 0.171 e. The number of piperidine rings is 1. The van der Waals surface area contributed by atoms with Crippen molar-refractivity contribution in [2.75, 3.05) is 18.0 Å². The minimum absolute atomic E-state index is 0.0586. The van der Waals surface area contributed by atoms with Crippen LogP contribution in [0.1, 0.15) is 31.4 Å². The van der Waals surface area contributed by atoms with E-state index in [0.29, 0.717) is 37.4 Å². The third-order valence-corrected chi connectivity index (χ3v) is 5.35. The molecule has 27 heavy (non-hydrogen) atoms. The van der Waals surface area contributed by atoms with Crippen molar-refractivity contribution in [2.24, 2.45) is 0 Å². The SMILES string of the molecule is N#CC1(c2cnc(N3CCC(Oc4ccc(F)cc4F)CC3)c(Cl)n2)CC1. The second kappa shape index (κ2) is 6.93. The highest BCUT2D eigenvalue weighted by Gasteiger charge is 2.47. The molecule has 0 bridgehead atoms. The van der Waals surface area contributed by atoms with Crippen LogP contribution in [0.2, 0.25) is 5.15 Å². The largest absolute Gasteiger partial charge is 0.487 e. The summed E-state index contributed by atoms with van der Waals surface area (Å²) in [6.07, 6.45) is 4.35. The lowest BCUT2D eigenvalue weighted by atomic mass is 10.1. The zero-order valence-corrected chi connectivity index (χ0v) is 15.2. The van der Waals surface area contributed by atoms with Crippen LogP contribution >= 0.6 is 11.6 Å². The molecule has 2 aliphatic rings. The van der Waals surface area contributed by atoms with Gasteiger partial charge in [0.2, 0.25) is 0 Å². The summed E-state index contributed by atoms with van der Waals surface area (Å²) in [7, 11) is 0. The van der Waals surface area contributed by atoms with Gasteiger partial charge in [-0.15, -0.1) is 0 Å². The molecule has 2 heterocycles. The fourth-order valence-corrected chi connectivity index (χ4v) is 3.55. The van der Waals surface area contributed by atoms with Gasteiger partial charge in [0.15, 0.2) is 22.5 Å². The molecule has 0 unspecified atom stereocenters. The number of aromatic nitrogens is 2. The van der Waals surface area contributed by atoms with E-state index in [1.807, 2.05) is 4.90 Å². The summed E-state index contributed by atoms with van der Waals surface area (Å²) in [5.41, 5.74) is 0.110. The summed E-state index contributed by atoms with van der Waals surface area (Å²) >= 11 is 6.31. The van der Waals surface area contributed by atoms with Gasteiger partial charge in [0.1, 0.15) is 17.3 Å². The molecule has 2 fully saturated rings. The number of hydrogen-bond acceptors (Lipinski definition) is 5. The van der Waals surface area contributed by atoms with Crippen LogP contribution in [-0.2, 0) is 5.41 Å². The number of halogens is 3. The van der Waals surface area contributed by atoms with Crippen molar-refractivity contribution in [1.82, 2.24) is 9.97 Å². The van der Waals surface area contributed by atoms with Crippen LogP contribution in [0.4, 0.5) is 14.6 Å². The average Bonchev–Trinajstić information content (AvgIpc) is 3.46. The molecule has 1 aromatic heterocycles. The Morgan fingerprint density at radius 2 is 2.00 bits per heavy atom. The number of nitriles is 1. The number of benzene rings is 1. The summed E-state index contributed by atoms with van der Waals surface area (Å²) in [5.74, 6) is -0.687. The predicted octanol–water partition coefficient (Wildman–Crippen LogP) is 4.01.